The van der Waals surface area contributed by atoms with Crippen molar-refractivity contribution in [1.82, 2.24) is 0 Å². The van der Waals surface area contributed by atoms with Crippen LogP contribution in [0, 0.1) is 5.82 Å². The number of rotatable bonds is 4. The van der Waals surface area contributed by atoms with Crippen LogP contribution in [0.2, 0.25) is 5.02 Å². The van der Waals surface area contributed by atoms with Gasteiger partial charge in [-0.3, -0.25) is 4.79 Å². The molecule has 17 heavy (non-hydrogen) atoms. The highest BCUT2D eigenvalue weighted by molar-refractivity contribution is 6.30. The van der Waals surface area contributed by atoms with E-state index in [1.165, 1.54) is 18.2 Å². The van der Waals surface area contributed by atoms with Gasteiger partial charge in [0.05, 0.1) is 13.0 Å². The molecule has 96 valence electrons. The number of halogens is 3. The van der Waals surface area contributed by atoms with Crippen molar-refractivity contribution in [2.45, 2.75) is 19.4 Å². The molecule has 0 spiro atoms. The summed E-state index contributed by atoms with van der Waals surface area (Å²) in [4.78, 5) is 11.2. The molecule has 0 amide bonds. The van der Waals surface area contributed by atoms with Gasteiger partial charge in [-0.15, -0.1) is 12.4 Å². The summed E-state index contributed by atoms with van der Waals surface area (Å²) in [5.41, 5.74) is 5.92. The van der Waals surface area contributed by atoms with E-state index in [0.29, 0.717) is 5.02 Å². The number of esters is 1. The van der Waals surface area contributed by atoms with Crippen molar-refractivity contribution in [3.8, 4) is 0 Å². The van der Waals surface area contributed by atoms with Crippen molar-refractivity contribution in [1.29, 1.82) is 0 Å². The lowest BCUT2D eigenvalue weighted by atomic mass is 10.0. The number of carbonyl (C=O) groups excluding carboxylic acids is 1. The third-order valence-corrected chi connectivity index (χ3v) is 2.28. The highest BCUT2D eigenvalue weighted by atomic mass is 35.5. The first-order valence-corrected chi connectivity index (χ1v) is 5.28. The molecule has 0 aliphatic carbocycles. The van der Waals surface area contributed by atoms with Gasteiger partial charge in [-0.25, -0.2) is 4.39 Å². The molecule has 0 fully saturated rings. The average molecular weight is 282 g/mol. The second-order valence-corrected chi connectivity index (χ2v) is 3.72. The topological polar surface area (TPSA) is 52.3 Å². The monoisotopic (exact) mass is 281 g/mol. The smallest absolute Gasteiger partial charge is 0.307 e. The first-order chi connectivity index (χ1) is 7.54. The van der Waals surface area contributed by atoms with Gasteiger partial charge in [0.25, 0.3) is 0 Å². The van der Waals surface area contributed by atoms with Crippen LogP contribution in [0.4, 0.5) is 4.39 Å². The number of hydrogen-bond acceptors (Lipinski definition) is 3. The molecule has 1 aromatic rings. The maximum Gasteiger partial charge on any atom is 0.307 e. The maximum absolute atomic E-state index is 13.4. The molecule has 0 saturated carbocycles. The van der Waals surface area contributed by atoms with Gasteiger partial charge in [0.1, 0.15) is 5.82 Å². The predicted octanol–water partition coefficient (Wildman–Crippen LogP) is 2.85. The van der Waals surface area contributed by atoms with Gasteiger partial charge in [0.15, 0.2) is 0 Å². The summed E-state index contributed by atoms with van der Waals surface area (Å²) in [6.07, 6.45) is -0.0644. The fourth-order valence-corrected chi connectivity index (χ4v) is 1.49. The summed E-state index contributed by atoms with van der Waals surface area (Å²) >= 11 is 5.72. The van der Waals surface area contributed by atoms with Crippen molar-refractivity contribution in [2.24, 2.45) is 5.73 Å². The largest absolute Gasteiger partial charge is 0.466 e. The number of ether oxygens (including phenoxy) is 1. The fourth-order valence-electron chi connectivity index (χ4n) is 1.31. The van der Waals surface area contributed by atoms with E-state index in [1.54, 1.807) is 6.92 Å². The minimum absolute atomic E-state index is 0. The van der Waals surface area contributed by atoms with Gasteiger partial charge >= 0.3 is 5.97 Å². The molecule has 0 bridgehead atoms. The van der Waals surface area contributed by atoms with E-state index in [1.807, 2.05) is 0 Å². The normalized spacial score (nSPS) is 11.5. The van der Waals surface area contributed by atoms with E-state index in [-0.39, 0.29) is 31.0 Å². The van der Waals surface area contributed by atoms with E-state index >= 15 is 0 Å². The zero-order valence-corrected chi connectivity index (χ0v) is 10.9. The minimum Gasteiger partial charge on any atom is -0.466 e. The van der Waals surface area contributed by atoms with Gasteiger partial charge in [0.2, 0.25) is 0 Å². The van der Waals surface area contributed by atoms with Crippen LogP contribution in [0.15, 0.2) is 18.2 Å². The molecule has 0 unspecified atom stereocenters. The molecular formula is C11H14Cl2FNO2. The average Bonchev–Trinajstić information content (AvgIpc) is 2.21. The van der Waals surface area contributed by atoms with Crippen LogP contribution in [0.25, 0.3) is 0 Å². The van der Waals surface area contributed by atoms with Crippen molar-refractivity contribution in [2.75, 3.05) is 6.61 Å². The van der Waals surface area contributed by atoms with Crippen LogP contribution >= 0.6 is 24.0 Å². The van der Waals surface area contributed by atoms with Gasteiger partial charge in [-0.05, 0) is 25.1 Å². The standard InChI is InChI=1S/C11H13ClFNO2.ClH/c1-2-16-11(15)6-10(14)8-5-7(12)3-4-9(8)13;/h3-5,10H,2,6,14H2,1H3;1H/t10-;/m1./s1. The SMILES string of the molecule is CCOC(=O)C[C@@H](N)c1cc(Cl)ccc1F.Cl. The fraction of sp³-hybridized carbons (Fsp3) is 0.364. The van der Waals surface area contributed by atoms with Crippen LogP contribution in [0.3, 0.4) is 0 Å². The zero-order chi connectivity index (χ0) is 12.1. The molecule has 0 aliphatic heterocycles. The Hall–Kier alpha value is -0.840. The molecule has 3 nitrogen and oxygen atoms in total. The molecule has 1 aromatic carbocycles. The van der Waals surface area contributed by atoms with Gasteiger partial charge in [0, 0.05) is 16.6 Å². The number of hydrogen-bond donors (Lipinski definition) is 1. The van der Waals surface area contributed by atoms with Crippen LogP contribution < -0.4 is 5.73 Å². The Morgan fingerprint density at radius 1 is 1.59 bits per heavy atom. The van der Waals surface area contributed by atoms with Crippen LogP contribution in [0.5, 0.6) is 0 Å². The zero-order valence-electron chi connectivity index (χ0n) is 9.28. The van der Waals surface area contributed by atoms with E-state index in [0.717, 1.165) is 0 Å². The summed E-state index contributed by atoms with van der Waals surface area (Å²) in [7, 11) is 0. The molecule has 1 atom stereocenters. The first-order valence-electron chi connectivity index (χ1n) is 4.90. The Morgan fingerprint density at radius 3 is 2.82 bits per heavy atom. The molecular weight excluding hydrogens is 268 g/mol. The van der Waals surface area contributed by atoms with Gasteiger partial charge in [-0.2, -0.15) is 0 Å². The quantitative estimate of drug-likeness (QED) is 0.864. The summed E-state index contributed by atoms with van der Waals surface area (Å²) in [6.45, 7) is 1.98. The van der Waals surface area contributed by atoms with Crippen LogP contribution in [-0.2, 0) is 9.53 Å². The Kier molecular flexibility index (Phi) is 7.11. The Bertz CT molecular complexity index is 388. The van der Waals surface area contributed by atoms with E-state index in [2.05, 4.69) is 0 Å². The molecule has 0 saturated heterocycles. The third kappa shape index (κ3) is 4.89. The van der Waals surface area contributed by atoms with Gasteiger partial charge < -0.3 is 10.5 Å². The number of nitrogens with two attached hydrogens (primary N) is 1. The maximum atomic E-state index is 13.4. The van der Waals surface area contributed by atoms with E-state index in [4.69, 9.17) is 22.1 Å². The summed E-state index contributed by atoms with van der Waals surface area (Å²) in [5.74, 6) is -0.921. The van der Waals surface area contributed by atoms with Crippen LogP contribution in [0.1, 0.15) is 24.9 Å². The molecule has 0 aromatic heterocycles. The Balaban J connectivity index is 0.00000256. The lowest BCUT2D eigenvalue weighted by Crippen LogP contribution is -2.18. The number of benzene rings is 1. The Labute approximate surface area is 110 Å². The highest BCUT2D eigenvalue weighted by Gasteiger charge is 2.16. The van der Waals surface area contributed by atoms with Crippen LogP contribution in [-0.4, -0.2) is 12.6 Å². The molecule has 0 heterocycles. The predicted molar refractivity (Wildman–Crippen MR) is 66.8 cm³/mol. The lowest BCUT2D eigenvalue weighted by Gasteiger charge is -2.12. The van der Waals surface area contributed by atoms with Crippen molar-refractivity contribution in [3.63, 3.8) is 0 Å². The molecule has 0 radical (unpaired) electrons. The second-order valence-electron chi connectivity index (χ2n) is 3.28. The third-order valence-electron chi connectivity index (χ3n) is 2.05. The van der Waals surface area contributed by atoms with Crippen molar-refractivity contribution >= 4 is 30.0 Å². The Morgan fingerprint density at radius 2 is 2.24 bits per heavy atom. The molecule has 2 N–H and O–H groups in total. The second kappa shape index (κ2) is 7.48. The first kappa shape index (κ1) is 16.2. The highest BCUT2D eigenvalue weighted by Crippen LogP contribution is 2.22. The van der Waals surface area contributed by atoms with E-state index in [9.17, 15) is 9.18 Å². The molecule has 1 rings (SSSR count). The molecule has 0 aliphatic rings. The minimum atomic E-state index is -0.738. The number of carbonyl (C=O) groups is 1. The van der Waals surface area contributed by atoms with Gasteiger partial charge in [-0.1, -0.05) is 11.6 Å². The van der Waals surface area contributed by atoms with Crippen molar-refractivity contribution in [3.05, 3.63) is 34.6 Å². The van der Waals surface area contributed by atoms with E-state index < -0.39 is 17.8 Å². The summed E-state index contributed by atoms with van der Waals surface area (Å²) < 4.78 is 18.1. The molecule has 6 heteroatoms. The lowest BCUT2D eigenvalue weighted by molar-refractivity contribution is -0.143. The summed E-state index contributed by atoms with van der Waals surface area (Å²) in [6, 6.07) is 3.33. The van der Waals surface area contributed by atoms with Crippen molar-refractivity contribution < 1.29 is 13.9 Å². The summed E-state index contributed by atoms with van der Waals surface area (Å²) in [5, 5.41) is 0.385.